The third-order valence-electron chi connectivity index (χ3n) is 4.38. The van der Waals surface area contributed by atoms with Crippen LogP contribution in [0.5, 0.6) is 0 Å². The molecule has 0 saturated carbocycles. The van der Waals surface area contributed by atoms with Crippen molar-refractivity contribution in [1.29, 1.82) is 0 Å². The molecular formula is C15H18F3NO. The van der Waals surface area contributed by atoms with E-state index in [1.54, 1.807) is 0 Å². The van der Waals surface area contributed by atoms with E-state index in [0.717, 1.165) is 24.7 Å². The van der Waals surface area contributed by atoms with E-state index >= 15 is 0 Å². The van der Waals surface area contributed by atoms with Crippen molar-refractivity contribution in [1.82, 2.24) is 4.90 Å². The summed E-state index contributed by atoms with van der Waals surface area (Å²) in [6.45, 7) is 5.85. The number of ether oxygens (including phenoxy) is 1. The minimum Gasteiger partial charge on any atom is -0.371 e. The lowest BCUT2D eigenvalue weighted by atomic mass is 9.87. The molecule has 2 atom stereocenters. The van der Waals surface area contributed by atoms with Crippen LogP contribution in [0.4, 0.5) is 13.2 Å². The average Bonchev–Trinajstić information content (AvgIpc) is 2.81. The SMILES string of the molecule is CC(C)N1C[C@@H]2OCc3c(cccc3C(F)(F)F)[C@@H]2C1. The number of nitrogens with zero attached hydrogens (tertiary/aromatic N) is 1. The van der Waals surface area contributed by atoms with Crippen LogP contribution in [0.2, 0.25) is 0 Å². The number of halogens is 3. The quantitative estimate of drug-likeness (QED) is 0.784. The number of hydrogen-bond donors (Lipinski definition) is 0. The topological polar surface area (TPSA) is 12.5 Å². The molecule has 110 valence electrons. The van der Waals surface area contributed by atoms with Crippen LogP contribution in [0.1, 0.15) is 36.5 Å². The Labute approximate surface area is 116 Å². The van der Waals surface area contributed by atoms with Gasteiger partial charge in [-0.1, -0.05) is 12.1 Å². The number of alkyl halides is 3. The van der Waals surface area contributed by atoms with Crippen molar-refractivity contribution in [3.05, 3.63) is 34.9 Å². The van der Waals surface area contributed by atoms with Crippen LogP contribution in [-0.4, -0.2) is 30.1 Å². The Morgan fingerprint density at radius 3 is 2.65 bits per heavy atom. The highest BCUT2D eigenvalue weighted by molar-refractivity contribution is 5.41. The van der Waals surface area contributed by atoms with E-state index in [1.807, 2.05) is 6.07 Å². The van der Waals surface area contributed by atoms with Crippen molar-refractivity contribution >= 4 is 0 Å². The highest BCUT2D eigenvalue weighted by atomic mass is 19.4. The van der Waals surface area contributed by atoms with Crippen LogP contribution >= 0.6 is 0 Å². The van der Waals surface area contributed by atoms with Gasteiger partial charge in [-0.3, -0.25) is 4.90 Å². The Morgan fingerprint density at radius 2 is 2.00 bits per heavy atom. The van der Waals surface area contributed by atoms with Gasteiger partial charge in [0.2, 0.25) is 0 Å². The summed E-state index contributed by atoms with van der Waals surface area (Å²) in [4.78, 5) is 2.27. The van der Waals surface area contributed by atoms with E-state index in [9.17, 15) is 13.2 Å². The molecule has 1 aromatic rings. The smallest absolute Gasteiger partial charge is 0.371 e. The highest BCUT2D eigenvalue weighted by Gasteiger charge is 2.43. The fourth-order valence-corrected chi connectivity index (χ4v) is 3.26. The summed E-state index contributed by atoms with van der Waals surface area (Å²) in [5.74, 6) is 0.0587. The summed E-state index contributed by atoms with van der Waals surface area (Å²) >= 11 is 0. The van der Waals surface area contributed by atoms with Crippen LogP contribution < -0.4 is 0 Å². The van der Waals surface area contributed by atoms with Gasteiger partial charge in [0.25, 0.3) is 0 Å². The fraction of sp³-hybridized carbons (Fsp3) is 0.600. The summed E-state index contributed by atoms with van der Waals surface area (Å²) in [7, 11) is 0. The van der Waals surface area contributed by atoms with Gasteiger partial charge in [0.05, 0.1) is 18.3 Å². The van der Waals surface area contributed by atoms with Gasteiger partial charge >= 0.3 is 6.18 Å². The van der Waals surface area contributed by atoms with Crippen molar-refractivity contribution in [3.8, 4) is 0 Å². The van der Waals surface area contributed by atoms with Crippen molar-refractivity contribution < 1.29 is 17.9 Å². The minimum atomic E-state index is -4.31. The maximum Gasteiger partial charge on any atom is 0.416 e. The maximum absolute atomic E-state index is 13.1. The van der Waals surface area contributed by atoms with Crippen LogP contribution in [0.3, 0.4) is 0 Å². The van der Waals surface area contributed by atoms with Crippen LogP contribution in [-0.2, 0) is 17.5 Å². The third-order valence-corrected chi connectivity index (χ3v) is 4.38. The Bertz CT molecular complexity index is 512. The molecule has 0 unspecified atom stereocenters. The first-order chi connectivity index (χ1) is 9.38. The van der Waals surface area contributed by atoms with Crippen LogP contribution in [0.25, 0.3) is 0 Å². The molecule has 2 nitrogen and oxygen atoms in total. The second kappa shape index (κ2) is 4.74. The number of fused-ring (bicyclic) bond motifs is 3. The molecule has 2 aliphatic heterocycles. The summed E-state index contributed by atoms with van der Waals surface area (Å²) in [6, 6.07) is 4.88. The zero-order chi connectivity index (χ0) is 14.5. The predicted molar refractivity (Wildman–Crippen MR) is 69.5 cm³/mol. The summed E-state index contributed by atoms with van der Waals surface area (Å²) in [6.07, 6.45) is -4.29. The lowest BCUT2D eigenvalue weighted by Gasteiger charge is -2.29. The molecule has 0 spiro atoms. The standard InChI is InChI=1S/C15H18F3NO/c1-9(2)19-6-11-10-4-3-5-13(15(16,17)18)12(10)8-20-14(11)7-19/h3-5,9,11,14H,6-8H2,1-2H3/t11-,14-/m0/s1. The number of benzene rings is 1. The molecular weight excluding hydrogens is 267 g/mol. The largest absolute Gasteiger partial charge is 0.416 e. The Kier molecular flexibility index (Phi) is 3.29. The van der Waals surface area contributed by atoms with Gasteiger partial charge in [0.1, 0.15) is 0 Å². The van der Waals surface area contributed by atoms with Gasteiger partial charge < -0.3 is 4.74 Å². The molecule has 0 radical (unpaired) electrons. The van der Waals surface area contributed by atoms with Gasteiger partial charge in [0.15, 0.2) is 0 Å². The Hall–Kier alpha value is -1.07. The zero-order valence-corrected chi connectivity index (χ0v) is 11.6. The van der Waals surface area contributed by atoms with Crippen molar-refractivity contribution in [2.24, 2.45) is 0 Å². The van der Waals surface area contributed by atoms with Crippen molar-refractivity contribution in [2.45, 2.75) is 44.7 Å². The lowest BCUT2D eigenvalue weighted by molar-refractivity contribution is -0.139. The number of rotatable bonds is 1. The monoisotopic (exact) mass is 285 g/mol. The summed E-state index contributed by atoms with van der Waals surface area (Å²) in [5, 5.41) is 0. The molecule has 3 rings (SSSR count). The van der Waals surface area contributed by atoms with Gasteiger partial charge in [-0.25, -0.2) is 0 Å². The van der Waals surface area contributed by atoms with Gasteiger partial charge in [-0.2, -0.15) is 13.2 Å². The van der Waals surface area contributed by atoms with Gasteiger partial charge in [-0.05, 0) is 31.0 Å². The number of likely N-dealkylation sites (tertiary alicyclic amines) is 1. The summed E-state index contributed by atoms with van der Waals surface area (Å²) in [5.41, 5.74) is 0.600. The lowest BCUT2D eigenvalue weighted by Crippen LogP contribution is -2.30. The van der Waals surface area contributed by atoms with E-state index in [4.69, 9.17) is 4.74 Å². The Balaban J connectivity index is 1.98. The normalized spacial score (nSPS) is 26.7. The van der Waals surface area contributed by atoms with E-state index in [1.165, 1.54) is 6.07 Å². The van der Waals surface area contributed by atoms with E-state index in [2.05, 4.69) is 18.7 Å². The third kappa shape index (κ3) is 2.23. The first kappa shape index (κ1) is 13.9. The average molecular weight is 285 g/mol. The molecule has 20 heavy (non-hydrogen) atoms. The Morgan fingerprint density at radius 1 is 1.25 bits per heavy atom. The first-order valence-electron chi connectivity index (χ1n) is 6.92. The molecule has 0 amide bonds. The molecule has 1 fully saturated rings. The second-order valence-corrected chi connectivity index (χ2v) is 5.87. The zero-order valence-electron chi connectivity index (χ0n) is 11.6. The van der Waals surface area contributed by atoms with E-state index in [0.29, 0.717) is 11.6 Å². The van der Waals surface area contributed by atoms with Crippen LogP contribution in [0.15, 0.2) is 18.2 Å². The van der Waals surface area contributed by atoms with Crippen molar-refractivity contribution in [2.75, 3.05) is 13.1 Å². The van der Waals surface area contributed by atoms with E-state index in [-0.39, 0.29) is 18.6 Å². The van der Waals surface area contributed by atoms with E-state index < -0.39 is 11.7 Å². The first-order valence-corrected chi connectivity index (χ1v) is 6.92. The van der Waals surface area contributed by atoms with Gasteiger partial charge in [-0.15, -0.1) is 0 Å². The van der Waals surface area contributed by atoms with Crippen LogP contribution in [0, 0.1) is 0 Å². The minimum absolute atomic E-state index is 0.0217. The molecule has 1 aromatic carbocycles. The van der Waals surface area contributed by atoms with Crippen molar-refractivity contribution in [3.63, 3.8) is 0 Å². The molecule has 0 aliphatic carbocycles. The fourth-order valence-electron chi connectivity index (χ4n) is 3.26. The maximum atomic E-state index is 13.1. The molecule has 0 bridgehead atoms. The van der Waals surface area contributed by atoms with Gasteiger partial charge in [0, 0.05) is 25.0 Å². The predicted octanol–water partition coefficient (Wildman–Crippen LogP) is 3.41. The molecule has 1 saturated heterocycles. The number of hydrogen-bond acceptors (Lipinski definition) is 2. The molecule has 2 heterocycles. The molecule has 2 aliphatic rings. The summed E-state index contributed by atoms with van der Waals surface area (Å²) < 4.78 is 44.9. The highest BCUT2D eigenvalue weighted by Crippen LogP contribution is 2.42. The molecule has 0 aromatic heterocycles. The second-order valence-electron chi connectivity index (χ2n) is 5.87. The molecule has 5 heteroatoms. The molecule has 0 N–H and O–H groups in total.